The molecule has 1 aromatic heterocycles. The summed E-state index contributed by atoms with van der Waals surface area (Å²) in [4.78, 5) is 14.8. The van der Waals surface area contributed by atoms with E-state index in [4.69, 9.17) is 4.42 Å². The van der Waals surface area contributed by atoms with E-state index >= 15 is 0 Å². The highest BCUT2D eigenvalue weighted by Crippen LogP contribution is 2.32. The molecule has 1 N–H and O–H groups in total. The number of piperidine rings is 3. The predicted octanol–water partition coefficient (Wildman–Crippen LogP) is 2.11. The van der Waals surface area contributed by atoms with Crippen LogP contribution in [0.15, 0.2) is 10.5 Å². The number of nitrogens with zero attached hydrogens (tertiary/aromatic N) is 1. The molecule has 3 saturated heterocycles. The first kappa shape index (κ1) is 12.7. The third-order valence-corrected chi connectivity index (χ3v) is 4.87. The number of hydrogen-bond acceptors (Lipinski definition) is 3. The van der Waals surface area contributed by atoms with E-state index in [-0.39, 0.29) is 11.9 Å². The fraction of sp³-hybridized carbons (Fsp3) is 0.667. The summed E-state index contributed by atoms with van der Waals surface area (Å²) in [5, 5.41) is 3.18. The van der Waals surface area contributed by atoms with Crippen molar-refractivity contribution < 1.29 is 9.21 Å². The van der Waals surface area contributed by atoms with Crippen LogP contribution >= 0.6 is 0 Å². The molecule has 2 unspecified atom stereocenters. The van der Waals surface area contributed by atoms with Crippen LogP contribution < -0.4 is 5.32 Å². The molecular weight excluding hydrogens is 240 g/mol. The number of carbonyl (C=O) groups is 1. The summed E-state index contributed by atoms with van der Waals surface area (Å²) in [6, 6.07) is 2.53. The minimum absolute atomic E-state index is 0.0678. The van der Waals surface area contributed by atoms with Crippen LogP contribution in [0.1, 0.15) is 41.6 Å². The van der Waals surface area contributed by atoms with Crippen LogP contribution in [-0.2, 0) is 0 Å². The Bertz CT molecular complexity index is 465. The molecule has 2 bridgehead atoms. The van der Waals surface area contributed by atoms with Gasteiger partial charge in [0, 0.05) is 12.1 Å². The molecule has 19 heavy (non-hydrogen) atoms. The maximum atomic E-state index is 12.3. The zero-order valence-corrected chi connectivity index (χ0v) is 11.9. The molecule has 4 heterocycles. The van der Waals surface area contributed by atoms with Crippen LogP contribution in [0.4, 0.5) is 0 Å². The molecule has 0 radical (unpaired) electrons. The Balaban J connectivity index is 1.72. The van der Waals surface area contributed by atoms with Gasteiger partial charge in [0.1, 0.15) is 5.76 Å². The minimum Gasteiger partial charge on any atom is -0.456 e. The van der Waals surface area contributed by atoms with Gasteiger partial charge in [0.25, 0.3) is 5.91 Å². The molecule has 3 fully saturated rings. The maximum Gasteiger partial charge on any atom is 0.287 e. The van der Waals surface area contributed by atoms with Gasteiger partial charge >= 0.3 is 0 Å². The van der Waals surface area contributed by atoms with E-state index in [9.17, 15) is 4.79 Å². The van der Waals surface area contributed by atoms with E-state index in [1.54, 1.807) is 0 Å². The first-order valence-electron chi connectivity index (χ1n) is 7.18. The number of nitrogens with one attached hydrogen (secondary N) is 1. The molecule has 1 aromatic rings. The molecule has 1 amide bonds. The summed E-state index contributed by atoms with van der Waals surface area (Å²) in [5.41, 5.74) is 1.03. The van der Waals surface area contributed by atoms with Crippen LogP contribution in [0.25, 0.3) is 0 Å². The van der Waals surface area contributed by atoms with Gasteiger partial charge in [0.05, 0.1) is 0 Å². The molecule has 4 heteroatoms. The van der Waals surface area contributed by atoms with Crippen LogP contribution in [0.5, 0.6) is 0 Å². The highest BCUT2D eigenvalue weighted by molar-refractivity contribution is 5.92. The van der Waals surface area contributed by atoms with Gasteiger partial charge < -0.3 is 9.73 Å². The van der Waals surface area contributed by atoms with Gasteiger partial charge in [-0.25, -0.2) is 0 Å². The fourth-order valence-electron chi connectivity index (χ4n) is 3.45. The number of carbonyl (C=O) groups excluding carboxylic acids is 1. The number of hydrogen-bond donors (Lipinski definition) is 1. The van der Waals surface area contributed by atoms with Crippen molar-refractivity contribution in [3.8, 4) is 0 Å². The molecule has 4 nitrogen and oxygen atoms in total. The second-order valence-electron chi connectivity index (χ2n) is 5.96. The number of fused-ring (bicyclic) bond motifs is 3. The molecule has 3 aliphatic heterocycles. The van der Waals surface area contributed by atoms with Crippen molar-refractivity contribution in [1.82, 2.24) is 10.2 Å². The van der Waals surface area contributed by atoms with Gasteiger partial charge in [0.15, 0.2) is 5.76 Å². The molecule has 0 saturated carbocycles. The summed E-state index contributed by atoms with van der Waals surface area (Å²) in [6.07, 6.45) is 2.40. The SMILES string of the molecule is Cc1cc(C(=O)NC2C3CCN(CC3)C2C)oc1C. The van der Waals surface area contributed by atoms with Crippen molar-refractivity contribution in [2.45, 2.75) is 45.7 Å². The van der Waals surface area contributed by atoms with Crippen LogP contribution in [0, 0.1) is 19.8 Å². The summed E-state index contributed by atoms with van der Waals surface area (Å²) in [7, 11) is 0. The summed E-state index contributed by atoms with van der Waals surface area (Å²) in [5.74, 6) is 1.83. The molecule has 0 spiro atoms. The largest absolute Gasteiger partial charge is 0.456 e. The lowest BCUT2D eigenvalue weighted by Crippen LogP contribution is -2.62. The Morgan fingerprint density at radius 2 is 2.05 bits per heavy atom. The zero-order valence-electron chi connectivity index (χ0n) is 11.9. The van der Waals surface area contributed by atoms with Crippen molar-refractivity contribution in [2.75, 3.05) is 13.1 Å². The molecule has 2 atom stereocenters. The van der Waals surface area contributed by atoms with E-state index in [0.717, 1.165) is 11.3 Å². The third-order valence-electron chi connectivity index (χ3n) is 4.87. The Morgan fingerprint density at radius 1 is 1.37 bits per heavy atom. The van der Waals surface area contributed by atoms with Gasteiger partial charge in [-0.2, -0.15) is 0 Å². The van der Waals surface area contributed by atoms with Crippen LogP contribution in [0.2, 0.25) is 0 Å². The van der Waals surface area contributed by atoms with E-state index in [2.05, 4.69) is 17.1 Å². The monoisotopic (exact) mass is 262 g/mol. The minimum atomic E-state index is -0.0678. The van der Waals surface area contributed by atoms with Crippen molar-refractivity contribution in [2.24, 2.45) is 5.92 Å². The Kier molecular flexibility index (Phi) is 3.13. The van der Waals surface area contributed by atoms with E-state index in [1.165, 1.54) is 25.9 Å². The lowest BCUT2D eigenvalue weighted by Gasteiger charge is -2.49. The summed E-state index contributed by atoms with van der Waals surface area (Å²) >= 11 is 0. The first-order valence-corrected chi connectivity index (χ1v) is 7.18. The second-order valence-corrected chi connectivity index (χ2v) is 5.96. The Labute approximate surface area is 114 Å². The van der Waals surface area contributed by atoms with Gasteiger partial charge in [-0.05, 0) is 64.3 Å². The third kappa shape index (κ3) is 2.18. The number of amides is 1. The van der Waals surface area contributed by atoms with E-state index in [0.29, 0.717) is 17.7 Å². The van der Waals surface area contributed by atoms with Crippen LogP contribution in [0.3, 0.4) is 0 Å². The van der Waals surface area contributed by atoms with Crippen molar-refractivity contribution in [3.63, 3.8) is 0 Å². The smallest absolute Gasteiger partial charge is 0.287 e. The molecule has 0 aliphatic carbocycles. The van der Waals surface area contributed by atoms with Gasteiger partial charge in [-0.1, -0.05) is 0 Å². The van der Waals surface area contributed by atoms with Crippen molar-refractivity contribution in [1.29, 1.82) is 0 Å². The van der Waals surface area contributed by atoms with Crippen molar-refractivity contribution >= 4 is 5.91 Å². The van der Waals surface area contributed by atoms with Gasteiger partial charge in [-0.3, -0.25) is 9.69 Å². The number of furan rings is 1. The summed E-state index contributed by atoms with van der Waals surface area (Å²) < 4.78 is 5.51. The zero-order chi connectivity index (χ0) is 13.6. The maximum absolute atomic E-state index is 12.3. The lowest BCUT2D eigenvalue weighted by molar-refractivity contribution is 0.0211. The van der Waals surface area contributed by atoms with Gasteiger partial charge in [-0.15, -0.1) is 0 Å². The highest BCUT2D eigenvalue weighted by Gasteiger charge is 2.40. The van der Waals surface area contributed by atoms with E-state index in [1.807, 2.05) is 19.9 Å². The number of rotatable bonds is 2. The van der Waals surface area contributed by atoms with Gasteiger partial charge in [0.2, 0.25) is 0 Å². The second kappa shape index (κ2) is 4.67. The standard InChI is InChI=1S/C15H22N2O2/c1-9-8-13(19-11(9)3)15(18)16-14-10(2)17-6-4-12(14)5-7-17/h8,10,12,14H,4-7H2,1-3H3,(H,16,18). The first-order chi connectivity index (χ1) is 9.06. The van der Waals surface area contributed by atoms with E-state index < -0.39 is 0 Å². The quantitative estimate of drug-likeness (QED) is 0.888. The molecule has 3 aliphatic rings. The lowest BCUT2D eigenvalue weighted by atomic mass is 9.79. The average molecular weight is 262 g/mol. The van der Waals surface area contributed by atoms with Crippen LogP contribution in [-0.4, -0.2) is 36.0 Å². The topological polar surface area (TPSA) is 45.5 Å². The Morgan fingerprint density at radius 3 is 2.58 bits per heavy atom. The molecular formula is C15H22N2O2. The molecule has 4 rings (SSSR count). The average Bonchev–Trinajstić information content (AvgIpc) is 2.74. The number of aryl methyl sites for hydroxylation is 2. The van der Waals surface area contributed by atoms with Crippen molar-refractivity contribution in [3.05, 3.63) is 23.2 Å². The highest BCUT2D eigenvalue weighted by atomic mass is 16.3. The Hall–Kier alpha value is -1.29. The molecule has 104 valence electrons. The fourth-order valence-corrected chi connectivity index (χ4v) is 3.45. The normalized spacial score (nSPS) is 33.4. The predicted molar refractivity (Wildman–Crippen MR) is 73.2 cm³/mol. The molecule has 0 aromatic carbocycles. The summed E-state index contributed by atoms with van der Waals surface area (Å²) in [6.45, 7) is 8.43.